The molecule has 0 atom stereocenters. The van der Waals surface area contributed by atoms with Gasteiger partial charge in [0.25, 0.3) is 11.8 Å². The van der Waals surface area contributed by atoms with Crippen molar-refractivity contribution in [3.63, 3.8) is 0 Å². The fourth-order valence-electron chi connectivity index (χ4n) is 6.12. The second-order valence-electron chi connectivity index (χ2n) is 9.31. The van der Waals surface area contributed by atoms with Crippen LogP contribution in [0.4, 0.5) is 11.4 Å². The third-order valence-electron chi connectivity index (χ3n) is 7.53. The van der Waals surface area contributed by atoms with Crippen LogP contribution in [-0.4, -0.2) is 11.8 Å². The lowest BCUT2D eigenvalue weighted by Gasteiger charge is -2.30. The fourth-order valence-corrected chi connectivity index (χ4v) is 6.12. The molecule has 4 nitrogen and oxygen atoms in total. The first-order valence-corrected chi connectivity index (χ1v) is 11.8. The number of rotatable bonds is 1. The normalized spacial score (nSPS) is 15.4. The van der Waals surface area contributed by atoms with Crippen LogP contribution in [0.3, 0.4) is 0 Å². The van der Waals surface area contributed by atoms with Gasteiger partial charge in [0.1, 0.15) is 0 Å². The minimum absolute atomic E-state index is 0.233. The van der Waals surface area contributed by atoms with E-state index in [1.165, 1.54) is 27.2 Å². The summed E-state index contributed by atoms with van der Waals surface area (Å²) in [6, 6.07) is 24.0. The first-order chi connectivity index (χ1) is 16.6. The van der Waals surface area contributed by atoms with E-state index in [2.05, 4.69) is 48.5 Å². The lowest BCUT2D eigenvalue weighted by Crippen LogP contribution is -2.29. The van der Waals surface area contributed by atoms with E-state index in [1.807, 2.05) is 0 Å². The van der Waals surface area contributed by atoms with E-state index in [1.54, 1.807) is 24.3 Å². The number of aryl methyl sites for hydroxylation is 2. The largest absolute Gasteiger partial charge is 0.399 e. The molecule has 164 valence electrons. The van der Waals surface area contributed by atoms with E-state index in [0.717, 1.165) is 47.9 Å². The van der Waals surface area contributed by atoms with E-state index in [4.69, 9.17) is 5.73 Å². The Balaban J connectivity index is 1.58. The number of amides is 2. The van der Waals surface area contributed by atoms with Gasteiger partial charge in [0, 0.05) is 5.69 Å². The van der Waals surface area contributed by atoms with Gasteiger partial charge in [-0.15, -0.1) is 0 Å². The Bertz CT molecular complexity index is 1470. The summed E-state index contributed by atoms with van der Waals surface area (Å²) in [4.78, 5) is 29.1. The second-order valence-corrected chi connectivity index (χ2v) is 9.31. The first-order valence-electron chi connectivity index (χ1n) is 11.8. The molecule has 0 spiro atoms. The van der Waals surface area contributed by atoms with Gasteiger partial charge in [-0.25, -0.2) is 4.90 Å². The summed E-state index contributed by atoms with van der Waals surface area (Å²) >= 11 is 0. The van der Waals surface area contributed by atoms with Crippen molar-refractivity contribution in [1.82, 2.24) is 0 Å². The molecule has 2 aliphatic carbocycles. The molecule has 4 aromatic rings. The lowest BCUT2D eigenvalue weighted by atomic mass is 9.72. The van der Waals surface area contributed by atoms with E-state index in [-0.39, 0.29) is 11.8 Å². The maximum Gasteiger partial charge on any atom is 0.266 e. The Morgan fingerprint density at radius 2 is 1.12 bits per heavy atom. The van der Waals surface area contributed by atoms with Gasteiger partial charge in [-0.2, -0.15) is 0 Å². The summed E-state index contributed by atoms with van der Waals surface area (Å²) in [5.41, 5.74) is 17.5. The van der Waals surface area contributed by atoms with Crippen molar-refractivity contribution < 1.29 is 9.59 Å². The van der Waals surface area contributed by atoms with Crippen LogP contribution < -0.4 is 10.6 Å². The monoisotopic (exact) mass is 442 g/mol. The van der Waals surface area contributed by atoms with Crippen molar-refractivity contribution >= 4 is 23.2 Å². The zero-order valence-electron chi connectivity index (χ0n) is 18.6. The highest BCUT2D eigenvalue weighted by atomic mass is 16.2. The van der Waals surface area contributed by atoms with Gasteiger partial charge in [-0.1, -0.05) is 54.6 Å². The number of fused-ring (bicyclic) bond motifs is 10. The van der Waals surface area contributed by atoms with Gasteiger partial charge >= 0.3 is 0 Å². The van der Waals surface area contributed by atoms with Gasteiger partial charge in [0.15, 0.2) is 0 Å². The molecule has 1 heterocycles. The second kappa shape index (κ2) is 6.91. The molecule has 0 unspecified atom stereocenters. The summed E-state index contributed by atoms with van der Waals surface area (Å²) in [7, 11) is 0. The molecule has 0 saturated carbocycles. The van der Waals surface area contributed by atoms with E-state index in [0.29, 0.717) is 22.5 Å². The van der Waals surface area contributed by atoms with Crippen LogP contribution in [0.25, 0.3) is 22.3 Å². The van der Waals surface area contributed by atoms with Crippen LogP contribution in [0.5, 0.6) is 0 Å². The Morgan fingerprint density at radius 3 is 1.65 bits per heavy atom. The Labute approximate surface area is 197 Å². The molecule has 7 rings (SSSR count). The summed E-state index contributed by atoms with van der Waals surface area (Å²) in [5.74, 6) is -0.467. The maximum atomic E-state index is 13.9. The molecule has 0 bridgehead atoms. The van der Waals surface area contributed by atoms with Gasteiger partial charge in [0.05, 0.1) is 16.8 Å². The molecule has 0 radical (unpaired) electrons. The smallest absolute Gasteiger partial charge is 0.266 e. The minimum Gasteiger partial charge on any atom is -0.399 e. The highest BCUT2D eigenvalue weighted by molar-refractivity contribution is 6.36. The predicted octanol–water partition coefficient (Wildman–Crippen LogP) is 5.60. The number of nitrogens with two attached hydrogens (primary N) is 1. The van der Waals surface area contributed by atoms with E-state index >= 15 is 0 Å². The Hall–Kier alpha value is -4.18. The molecular weight excluding hydrogens is 420 g/mol. The Kier molecular flexibility index (Phi) is 3.92. The number of nitrogens with zero attached hydrogens (tertiary/aromatic N) is 1. The molecule has 34 heavy (non-hydrogen) atoms. The molecule has 0 fully saturated rings. The average molecular weight is 443 g/mol. The van der Waals surface area contributed by atoms with Crippen molar-refractivity contribution in [3.05, 3.63) is 106 Å². The molecule has 2 amide bonds. The number of hydrogen-bond donors (Lipinski definition) is 1. The van der Waals surface area contributed by atoms with E-state index < -0.39 is 0 Å². The van der Waals surface area contributed by atoms with Crippen molar-refractivity contribution in [2.24, 2.45) is 0 Å². The van der Waals surface area contributed by atoms with Gasteiger partial charge < -0.3 is 5.73 Å². The molecule has 1 aliphatic heterocycles. The third kappa shape index (κ3) is 2.48. The fraction of sp³-hybridized carbons (Fsp3) is 0.133. The summed E-state index contributed by atoms with van der Waals surface area (Å²) in [6.07, 6.45) is 3.20. The molecule has 4 aromatic carbocycles. The highest BCUT2D eigenvalue weighted by Crippen LogP contribution is 2.50. The highest BCUT2D eigenvalue weighted by Gasteiger charge is 2.44. The van der Waals surface area contributed by atoms with Crippen LogP contribution in [0, 0.1) is 0 Å². The van der Waals surface area contributed by atoms with Crippen LogP contribution in [0.15, 0.2) is 72.8 Å². The number of carbonyl (C=O) groups is 2. The van der Waals surface area contributed by atoms with Crippen LogP contribution >= 0.6 is 0 Å². The number of anilines is 2. The molecule has 4 heteroatoms. The number of benzene rings is 4. The van der Waals surface area contributed by atoms with Crippen molar-refractivity contribution in [1.29, 1.82) is 0 Å². The summed E-state index contributed by atoms with van der Waals surface area (Å²) in [6.45, 7) is 0. The molecule has 0 aromatic heterocycles. The zero-order valence-corrected chi connectivity index (χ0v) is 18.6. The molecule has 3 aliphatic rings. The molecule has 2 N–H and O–H groups in total. The zero-order chi connectivity index (χ0) is 23.0. The van der Waals surface area contributed by atoms with Crippen molar-refractivity contribution in [3.8, 4) is 22.3 Å². The summed E-state index contributed by atoms with van der Waals surface area (Å²) in [5, 5.41) is 0. The van der Waals surface area contributed by atoms with Crippen LogP contribution in [0.1, 0.15) is 43.0 Å². The number of carbonyl (C=O) groups excluding carboxylic acids is 2. The van der Waals surface area contributed by atoms with Crippen LogP contribution in [-0.2, 0) is 25.7 Å². The van der Waals surface area contributed by atoms with Gasteiger partial charge in [0.2, 0.25) is 0 Å². The quantitative estimate of drug-likeness (QED) is 0.308. The molecule has 0 saturated heterocycles. The standard InChI is InChI=1S/C30H22N2O2/c31-19-8-5-9-20(16-19)32-29(33)27-23-14-12-17-6-1-3-10-21(17)25(23)26-22-11-4-2-7-18(22)13-15-24(26)28(27)30(32)34/h1-11,16H,12-15,31H2. The molecular formula is C30H22N2O2. The first kappa shape index (κ1) is 19.3. The van der Waals surface area contributed by atoms with Gasteiger partial charge in [-0.05, 0) is 88.4 Å². The van der Waals surface area contributed by atoms with Crippen molar-refractivity contribution in [2.75, 3.05) is 10.6 Å². The average Bonchev–Trinajstić information content (AvgIpc) is 3.13. The number of hydrogen-bond acceptors (Lipinski definition) is 3. The van der Waals surface area contributed by atoms with Crippen molar-refractivity contribution in [2.45, 2.75) is 25.7 Å². The lowest BCUT2D eigenvalue weighted by molar-refractivity contribution is 0.0925. The SMILES string of the molecule is Nc1cccc(N2C(=O)c3c4c(c5c(c3C2=O)CCc2ccccc2-5)-c2ccccc2CC4)c1. The van der Waals surface area contributed by atoms with Crippen LogP contribution in [0.2, 0.25) is 0 Å². The maximum absolute atomic E-state index is 13.9. The minimum atomic E-state index is -0.233. The van der Waals surface area contributed by atoms with E-state index in [9.17, 15) is 9.59 Å². The Morgan fingerprint density at radius 1 is 0.588 bits per heavy atom. The topological polar surface area (TPSA) is 63.4 Å². The number of nitrogen functional groups attached to an aromatic ring is 1. The predicted molar refractivity (Wildman–Crippen MR) is 134 cm³/mol. The number of imide groups is 1. The summed E-state index contributed by atoms with van der Waals surface area (Å²) < 4.78 is 0. The van der Waals surface area contributed by atoms with Gasteiger partial charge in [-0.3, -0.25) is 9.59 Å². The third-order valence-corrected chi connectivity index (χ3v) is 7.53.